The van der Waals surface area contributed by atoms with E-state index in [1.807, 2.05) is 35.0 Å². The van der Waals surface area contributed by atoms with Crippen LogP contribution in [0.25, 0.3) is 0 Å². The summed E-state index contributed by atoms with van der Waals surface area (Å²) in [5.41, 5.74) is 0.906. The summed E-state index contributed by atoms with van der Waals surface area (Å²) >= 11 is 0. The molecule has 7 nitrogen and oxygen atoms in total. The molecule has 2 aromatic rings. The lowest BCUT2D eigenvalue weighted by Crippen LogP contribution is -2.44. The zero-order valence-electron chi connectivity index (χ0n) is 14.9. The molecule has 26 heavy (non-hydrogen) atoms. The fraction of sp³-hybridized carbons (Fsp3) is 0.421. The van der Waals surface area contributed by atoms with Gasteiger partial charge in [-0.15, -0.1) is 0 Å². The number of methoxy groups -OCH3 is 1. The van der Waals surface area contributed by atoms with Crippen LogP contribution in [0.3, 0.4) is 0 Å². The normalized spacial score (nSPS) is 16.7. The number of ether oxygens (including phenoxy) is 1. The minimum Gasteiger partial charge on any atom is -0.496 e. The maximum absolute atomic E-state index is 12.6. The van der Waals surface area contributed by atoms with Crippen LogP contribution in [0.15, 0.2) is 43.0 Å². The molecule has 1 atom stereocenters. The maximum Gasteiger partial charge on any atom is 0.242 e. The quantitative estimate of drug-likeness (QED) is 0.729. The lowest BCUT2D eigenvalue weighted by atomic mass is 10.1. The van der Waals surface area contributed by atoms with Gasteiger partial charge in [0.2, 0.25) is 11.8 Å². The maximum atomic E-state index is 12.6. The second-order valence-electron chi connectivity index (χ2n) is 6.33. The molecule has 1 aliphatic rings. The van der Waals surface area contributed by atoms with Gasteiger partial charge in [0.25, 0.3) is 0 Å². The van der Waals surface area contributed by atoms with Crippen LogP contribution in [0, 0.1) is 0 Å². The molecule has 1 saturated heterocycles. The number of likely N-dealkylation sites (tertiary alicyclic amines) is 1. The van der Waals surface area contributed by atoms with E-state index in [-0.39, 0.29) is 11.8 Å². The van der Waals surface area contributed by atoms with Gasteiger partial charge in [-0.25, -0.2) is 4.98 Å². The average Bonchev–Trinajstić information content (AvgIpc) is 3.30. The first-order valence-electron chi connectivity index (χ1n) is 8.84. The third kappa shape index (κ3) is 4.22. The topological polar surface area (TPSA) is 76.5 Å². The minimum absolute atomic E-state index is 0.00877. The molecular formula is C19H24N4O3. The summed E-state index contributed by atoms with van der Waals surface area (Å²) in [4.78, 5) is 30.5. The highest BCUT2D eigenvalue weighted by Crippen LogP contribution is 2.25. The molecule has 1 aromatic heterocycles. The zero-order chi connectivity index (χ0) is 18.4. The Labute approximate surface area is 153 Å². The largest absolute Gasteiger partial charge is 0.496 e. The number of benzene rings is 1. The van der Waals surface area contributed by atoms with E-state index in [0.717, 1.165) is 24.3 Å². The van der Waals surface area contributed by atoms with E-state index in [2.05, 4.69) is 10.3 Å². The minimum atomic E-state index is -0.416. The van der Waals surface area contributed by atoms with Crippen molar-refractivity contribution in [2.24, 2.45) is 0 Å². The molecule has 0 radical (unpaired) electrons. The first-order chi connectivity index (χ1) is 12.7. The van der Waals surface area contributed by atoms with Crippen LogP contribution >= 0.6 is 0 Å². The van der Waals surface area contributed by atoms with Crippen LogP contribution in [0.1, 0.15) is 24.8 Å². The summed E-state index contributed by atoms with van der Waals surface area (Å²) in [6.07, 6.45) is 7.16. The van der Waals surface area contributed by atoms with E-state index in [9.17, 15) is 9.59 Å². The van der Waals surface area contributed by atoms with E-state index in [1.54, 1.807) is 24.5 Å². The van der Waals surface area contributed by atoms with Crippen LogP contribution in [0.4, 0.5) is 0 Å². The van der Waals surface area contributed by atoms with Crippen molar-refractivity contribution in [3.8, 4) is 5.75 Å². The number of nitrogens with one attached hydrogen (secondary N) is 1. The molecule has 138 valence electrons. The lowest BCUT2D eigenvalue weighted by molar-refractivity contribution is -0.135. The Morgan fingerprint density at radius 3 is 3.00 bits per heavy atom. The fourth-order valence-corrected chi connectivity index (χ4v) is 3.23. The molecule has 1 aromatic carbocycles. The van der Waals surface area contributed by atoms with E-state index in [1.165, 1.54) is 0 Å². The molecular weight excluding hydrogens is 332 g/mol. The van der Waals surface area contributed by atoms with Crippen molar-refractivity contribution >= 4 is 11.8 Å². The number of aromatic nitrogens is 2. The lowest BCUT2D eigenvalue weighted by Gasteiger charge is -2.25. The Morgan fingerprint density at radius 2 is 2.23 bits per heavy atom. The van der Waals surface area contributed by atoms with Crippen molar-refractivity contribution in [3.05, 3.63) is 48.5 Å². The van der Waals surface area contributed by atoms with Crippen LogP contribution in [-0.4, -0.2) is 46.0 Å². The molecule has 7 heteroatoms. The summed E-state index contributed by atoms with van der Waals surface area (Å²) in [5.74, 6) is 0.651. The number of para-hydroxylation sites is 1. The smallest absolute Gasteiger partial charge is 0.242 e. The van der Waals surface area contributed by atoms with Gasteiger partial charge in [-0.2, -0.15) is 0 Å². The number of imidazole rings is 1. The van der Waals surface area contributed by atoms with Gasteiger partial charge in [-0.3, -0.25) is 9.59 Å². The second-order valence-corrected chi connectivity index (χ2v) is 6.33. The Morgan fingerprint density at radius 1 is 1.38 bits per heavy atom. The summed E-state index contributed by atoms with van der Waals surface area (Å²) in [6, 6.07) is 7.16. The summed E-state index contributed by atoms with van der Waals surface area (Å²) in [5, 5.41) is 2.95. The second kappa shape index (κ2) is 8.51. The molecule has 0 saturated carbocycles. The van der Waals surface area contributed by atoms with Gasteiger partial charge in [-0.05, 0) is 18.9 Å². The molecule has 1 fully saturated rings. The van der Waals surface area contributed by atoms with Gasteiger partial charge in [0.05, 0.1) is 20.0 Å². The van der Waals surface area contributed by atoms with Crippen molar-refractivity contribution < 1.29 is 14.3 Å². The van der Waals surface area contributed by atoms with E-state index in [4.69, 9.17) is 4.74 Å². The van der Waals surface area contributed by atoms with Crippen LogP contribution in [0.2, 0.25) is 0 Å². The van der Waals surface area contributed by atoms with Crippen molar-refractivity contribution in [2.45, 2.75) is 38.4 Å². The standard InChI is InChI=1S/C19H24N4O3/c1-26-17-6-3-2-5-15(17)13-23-16(7-8-18(23)24)19(25)21-9-4-11-22-12-10-20-14-22/h2-3,5-6,10,12,14,16H,4,7-9,11,13H2,1H3,(H,21,25). The number of amides is 2. The fourth-order valence-electron chi connectivity index (χ4n) is 3.23. The Balaban J connectivity index is 1.55. The number of carbonyl (C=O) groups is 2. The van der Waals surface area contributed by atoms with Gasteiger partial charge in [0.15, 0.2) is 0 Å². The number of carbonyl (C=O) groups excluding carboxylic acids is 2. The van der Waals surface area contributed by atoms with Crippen molar-refractivity contribution in [1.29, 1.82) is 0 Å². The molecule has 0 aliphatic carbocycles. The van der Waals surface area contributed by atoms with Crippen LogP contribution < -0.4 is 10.1 Å². The first-order valence-corrected chi connectivity index (χ1v) is 8.84. The predicted molar refractivity (Wildman–Crippen MR) is 96.4 cm³/mol. The number of hydrogen-bond donors (Lipinski definition) is 1. The predicted octanol–water partition coefficient (Wildman–Crippen LogP) is 1.59. The van der Waals surface area contributed by atoms with E-state index < -0.39 is 6.04 Å². The monoisotopic (exact) mass is 356 g/mol. The zero-order valence-corrected chi connectivity index (χ0v) is 14.9. The Hall–Kier alpha value is -2.83. The highest BCUT2D eigenvalue weighted by Gasteiger charge is 2.36. The summed E-state index contributed by atoms with van der Waals surface area (Å²) in [6.45, 7) is 1.76. The molecule has 2 amide bonds. The van der Waals surface area contributed by atoms with E-state index in [0.29, 0.717) is 25.9 Å². The Bertz CT molecular complexity index is 745. The van der Waals surface area contributed by atoms with Crippen LogP contribution in [0.5, 0.6) is 5.75 Å². The van der Waals surface area contributed by atoms with Crippen molar-refractivity contribution in [2.75, 3.05) is 13.7 Å². The highest BCUT2D eigenvalue weighted by molar-refractivity contribution is 5.90. The first kappa shape index (κ1) is 18.0. The summed E-state index contributed by atoms with van der Waals surface area (Å²) in [7, 11) is 1.61. The van der Waals surface area contributed by atoms with Crippen molar-refractivity contribution in [1.82, 2.24) is 19.8 Å². The molecule has 1 aliphatic heterocycles. The third-order valence-corrected chi connectivity index (χ3v) is 4.62. The molecule has 1 N–H and O–H groups in total. The Kier molecular flexibility index (Phi) is 5.88. The highest BCUT2D eigenvalue weighted by atomic mass is 16.5. The number of rotatable bonds is 8. The van der Waals surface area contributed by atoms with Crippen LogP contribution in [-0.2, 0) is 22.7 Å². The molecule has 3 rings (SSSR count). The van der Waals surface area contributed by atoms with Gasteiger partial charge in [-0.1, -0.05) is 18.2 Å². The number of nitrogens with zero attached hydrogens (tertiary/aromatic N) is 3. The van der Waals surface area contributed by atoms with Gasteiger partial charge < -0.3 is 19.5 Å². The molecule has 0 spiro atoms. The third-order valence-electron chi connectivity index (χ3n) is 4.62. The molecule has 1 unspecified atom stereocenters. The summed E-state index contributed by atoms with van der Waals surface area (Å²) < 4.78 is 7.33. The molecule has 0 bridgehead atoms. The number of hydrogen-bond acceptors (Lipinski definition) is 4. The van der Waals surface area contributed by atoms with Crippen molar-refractivity contribution in [3.63, 3.8) is 0 Å². The average molecular weight is 356 g/mol. The van der Waals surface area contributed by atoms with E-state index >= 15 is 0 Å². The van der Waals surface area contributed by atoms with Gasteiger partial charge in [0.1, 0.15) is 11.8 Å². The molecule has 2 heterocycles. The van der Waals surface area contributed by atoms with Gasteiger partial charge in [0, 0.05) is 37.5 Å². The number of aryl methyl sites for hydroxylation is 1. The SMILES string of the molecule is COc1ccccc1CN1C(=O)CCC1C(=O)NCCCn1ccnc1. The van der Waals surface area contributed by atoms with Gasteiger partial charge >= 0.3 is 0 Å².